The van der Waals surface area contributed by atoms with Gasteiger partial charge in [0.25, 0.3) is 0 Å². The maximum atomic E-state index is 13.1. The molecule has 3 aromatic rings. The van der Waals surface area contributed by atoms with Crippen LogP contribution in [-0.2, 0) is 0 Å². The fourth-order valence-corrected chi connectivity index (χ4v) is 3.67. The van der Waals surface area contributed by atoms with Gasteiger partial charge in [0.2, 0.25) is 0 Å². The summed E-state index contributed by atoms with van der Waals surface area (Å²) in [4.78, 5) is 2.55. The van der Waals surface area contributed by atoms with Crippen LogP contribution in [0.5, 0.6) is 5.75 Å². The lowest BCUT2D eigenvalue weighted by Gasteiger charge is -2.14. The molecule has 0 N–H and O–H groups in total. The first kappa shape index (κ1) is 17.1. The van der Waals surface area contributed by atoms with Gasteiger partial charge in [0, 0.05) is 17.3 Å². The summed E-state index contributed by atoms with van der Waals surface area (Å²) in [6.45, 7) is 4.49. The molecule has 4 rings (SSSR count). The van der Waals surface area contributed by atoms with E-state index in [1.165, 1.54) is 51.0 Å². The predicted molar refractivity (Wildman–Crippen MR) is 104 cm³/mol. The van der Waals surface area contributed by atoms with Crippen molar-refractivity contribution in [2.24, 2.45) is 0 Å². The minimum absolute atomic E-state index is 0.217. The first-order valence-corrected chi connectivity index (χ1v) is 9.52. The van der Waals surface area contributed by atoms with Crippen LogP contribution in [0, 0.1) is 5.82 Å². The lowest BCUT2D eigenvalue weighted by atomic mass is 10.2. The molecule has 1 aliphatic rings. The maximum Gasteiger partial charge on any atom is 0.123 e. The number of hydrogen-bond donors (Lipinski definition) is 0. The SMILES string of the molecule is Fc1ccc(-n2ccc3cc(OCCCCN4CCCC4)ccc32)cc1. The number of fused-ring (bicyclic) bond motifs is 1. The van der Waals surface area contributed by atoms with Gasteiger partial charge in [0.05, 0.1) is 12.1 Å². The molecule has 0 aliphatic carbocycles. The van der Waals surface area contributed by atoms with Crippen molar-refractivity contribution in [1.82, 2.24) is 9.47 Å². The molecule has 1 aliphatic heterocycles. The zero-order valence-electron chi connectivity index (χ0n) is 15.0. The van der Waals surface area contributed by atoms with Gasteiger partial charge in [-0.05, 0) is 93.8 Å². The normalized spacial score (nSPS) is 15.0. The fraction of sp³-hybridized carbons (Fsp3) is 0.364. The number of hydrogen-bond acceptors (Lipinski definition) is 2. The smallest absolute Gasteiger partial charge is 0.123 e. The molecule has 0 atom stereocenters. The zero-order valence-corrected chi connectivity index (χ0v) is 15.0. The third-order valence-corrected chi connectivity index (χ3v) is 5.10. The Kier molecular flexibility index (Phi) is 5.21. The molecule has 1 fully saturated rings. The van der Waals surface area contributed by atoms with E-state index in [9.17, 15) is 4.39 Å². The third-order valence-electron chi connectivity index (χ3n) is 5.10. The van der Waals surface area contributed by atoms with Gasteiger partial charge in [-0.25, -0.2) is 4.39 Å². The maximum absolute atomic E-state index is 13.1. The molecule has 26 heavy (non-hydrogen) atoms. The molecule has 136 valence electrons. The highest BCUT2D eigenvalue weighted by Gasteiger charge is 2.10. The van der Waals surface area contributed by atoms with Crippen LogP contribution < -0.4 is 4.74 Å². The van der Waals surface area contributed by atoms with Crippen molar-refractivity contribution in [1.29, 1.82) is 0 Å². The van der Waals surface area contributed by atoms with Gasteiger partial charge in [-0.2, -0.15) is 0 Å². The van der Waals surface area contributed by atoms with Gasteiger partial charge in [-0.3, -0.25) is 0 Å². The Morgan fingerprint density at radius 1 is 0.923 bits per heavy atom. The van der Waals surface area contributed by atoms with Crippen molar-refractivity contribution in [2.45, 2.75) is 25.7 Å². The number of halogens is 1. The van der Waals surface area contributed by atoms with Gasteiger partial charge in [0.15, 0.2) is 0 Å². The zero-order chi connectivity index (χ0) is 17.8. The van der Waals surface area contributed by atoms with E-state index in [2.05, 4.69) is 27.7 Å². The third kappa shape index (κ3) is 3.91. The molecule has 1 aromatic heterocycles. The fourth-order valence-electron chi connectivity index (χ4n) is 3.67. The summed E-state index contributed by atoms with van der Waals surface area (Å²) in [5.74, 6) is 0.696. The first-order chi connectivity index (χ1) is 12.8. The monoisotopic (exact) mass is 352 g/mol. The average Bonchev–Trinajstić information content (AvgIpc) is 3.31. The van der Waals surface area contributed by atoms with E-state index in [1.54, 1.807) is 12.1 Å². The van der Waals surface area contributed by atoms with Crippen LogP contribution in [0.25, 0.3) is 16.6 Å². The largest absolute Gasteiger partial charge is 0.494 e. The molecule has 4 heteroatoms. The lowest BCUT2D eigenvalue weighted by molar-refractivity contribution is 0.280. The quantitative estimate of drug-likeness (QED) is 0.555. The Hall–Kier alpha value is -2.33. The second-order valence-electron chi connectivity index (χ2n) is 6.99. The Balaban J connectivity index is 1.35. The molecule has 2 aromatic carbocycles. The molecule has 0 unspecified atom stereocenters. The van der Waals surface area contributed by atoms with Crippen molar-refractivity contribution >= 4 is 10.9 Å². The molecule has 0 spiro atoms. The van der Waals surface area contributed by atoms with Crippen LogP contribution in [-0.4, -0.2) is 35.7 Å². The number of nitrogens with zero attached hydrogens (tertiary/aromatic N) is 2. The summed E-state index contributed by atoms with van der Waals surface area (Å²) in [6, 6.07) is 14.8. The molecular formula is C22H25FN2O. The Morgan fingerprint density at radius 3 is 2.54 bits per heavy atom. The van der Waals surface area contributed by atoms with Crippen molar-refractivity contribution in [3.8, 4) is 11.4 Å². The summed E-state index contributed by atoms with van der Waals surface area (Å²) in [7, 11) is 0. The first-order valence-electron chi connectivity index (χ1n) is 9.52. The summed E-state index contributed by atoms with van der Waals surface area (Å²) in [5.41, 5.74) is 2.05. The Bertz CT molecular complexity index is 850. The van der Waals surface area contributed by atoms with Gasteiger partial charge in [-0.15, -0.1) is 0 Å². The number of benzene rings is 2. The molecule has 0 amide bonds. The van der Waals surface area contributed by atoms with Crippen LogP contribution in [0.2, 0.25) is 0 Å². The van der Waals surface area contributed by atoms with Crippen LogP contribution in [0.3, 0.4) is 0 Å². The topological polar surface area (TPSA) is 17.4 Å². The summed E-state index contributed by atoms with van der Waals surface area (Å²) in [6.07, 6.45) is 7.01. The number of unbranched alkanes of at least 4 members (excludes halogenated alkanes) is 1. The highest BCUT2D eigenvalue weighted by Crippen LogP contribution is 2.25. The van der Waals surface area contributed by atoms with Crippen LogP contribution in [0.4, 0.5) is 4.39 Å². The number of likely N-dealkylation sites (tertiary alicyclic amines) is 1. The van der Waals surface area contributed by atoms with Gasteiger partial charge < -0.3 is 14.2 Å². The highest BCUT2D eigenvalue weighted by molar-refractivity contribution is 5.83. The van der Waals surface area contributed by atoms with Crippen molar-refractivity contribution in [3.63, 3.8) is 0 Å². The van der Waals surface area contributed by atoms with E-state index in [0.717, 1.165) is 35.4 Å². The molecule has 3 nitrogen and oxygen atoms in total. The minimum Gasteiger partial charge on any atom is -0.494 e. The Morgan fingerprint density at radius 2 is 1.73 bits per heavy atom. The summed E-state index contributed by atoms with van der Waals surface area (Å²) >= 11 is 0. The molecule has 1 saturated heterocycles. The molecule has 0 bridgehead atoms. The van der Waals surface area contributed by atoms with Crippen molar-refractivity contribution < 1.29 is 9.13 Å². The number of aromatic nitrogens is 1. The van der Waals surface area contributed by atoms with Crippen molar-refractivity contribution in [3.05, 3.63) is 60.5 Å². The summed E-state index contributed by atoms with van der Waals surface area (Å²) < 4.78 is 21.1. The number of ether oxygens (including phenoxy) is 1. The van der Waals surface area contributed by atoms with Crippen LogP contribution in [0.1, 0.15) is 25.7 Å². The Labute approximate surface area is 154 Å². The standard InChI is InChI=1S/C22H25FN2O/c23-19-5-7-20(8-6-19)25-15-11-18-17-21(9-10-22(18)25)26-16-4-3-14-24-12-1-2-13-24/h5-11,15,17H,1-4,12-14,16H2. The van der Waals surface area contributed by atoms with Crippen LogP contribution >= 0.6 is 0 Å². The lowest BCUT2D eigenvalue weighted by Crippen LogP contribution is -2.20. The van der Waals surface area contributed by atoms with E-state index >= 15 is 0 Å². The minimum atomic E-state index is -0.217. The molecule has 2 heterocycles. The second kappa shape index (κ2) is 7.92. The average molecular weight is 352 g/mol. The van der Waals surface area contributed by atoms with E-state index in [0.29, 0.717) is 0 Å². The second-order valence-corrected chi connectivity index (χ2v) is 6.99. The molecule has 0 radical (unpaired) electrons. The van der Waals surface area contributed by atoms with E-state index < -0.39 is 0 Å². The highest BCUT2D eigenvalue weighted by atomic mass is 19.1. The molecular weight excluding hydrogens is 327 g/mol. The van der Waals surface area contributed by atoms with Gasteiger partial charge in [-0.1, -0.05) is 0 Å². The number of rotatable bonds is 7. The van der Waals surface area contributed by atoms with Crippen LogP contribution in [0.15, 0.2) is 54.7 Å². The molecule has 0 saturated carbocycles. The van der Waals surface area contributed by atoms with Gasteiger partial charge in [0.1, 0.15) is 11.6 Å². The van der Waals surface area contributed by atoms with Crippen molar-refractivity contribution in [2.75, 3.05) is 26.2 Å². The predicted octanol–water partition coefficient (Wildman–Crippen LogP) is 5.02. The van der Waals surface area contributed by atoms with E-state index in [4.69, 9.17) is 4.74 Å². The van der Waals surface area contributed by atoms with Gasteiger partial charge >= 0.3 is 0 Å². The van der Waals surface area contributed by atoms with E-state index in [1.807, 2.05) is 12.3 Å². The summed E-state index contributed by atoms with van der Waals surface area (Å²) in [5, 5.41) is 1.13. The van der Waals surface area contributed by atoms with E-state index in [-0.39, 0.29) is 5.82 Å².